The molecule has 0 saturated carbocycles. The van der Waals surface area contributed by atoms with E-state index in [0.717, 1.165) is 11.1 Å². The maximum atomic E-state index is 12.5. The van der Waals surface area contributed by atoms with Gasteiger partial charge in [-0.3, -0.25) is 0 Å². The topological polar surface area (TPSA) is 34.1 Å². The summed E-state index contributed by atoms with van der Waals surface area (Å²) in [5.41, 5.74) is 1.49. The minimum atomic E-state index is -1.40. The molecule has 0 unspecified atom stereocenters. The molecule has 6 heteroatoms. The third kappa shape index (κ3) is 2.60. The summed E-state index contributed by atoms with van der Waals surface area (Å²) in [6, 6.07) is 4.16. The van der Waals surface area contributed by atoms with Gasteiger partial charge in [0.05, 0.1) is 0 Å². The third-order valence-electron chi connectivity index (χ3n) is 3.84. The summed E-state index contributed by atoms with van der Waals surface area (Å²) in [5.74, 6) is -0.513. The van der Waals surface area contributed by atoms with Crippen LogP contribution in [0.3, 0.4) is 0 Å². The van der Waals surface area contributed by atoms with E-state index in [4.69, 9.17) is 0 Å². The van der Waals surface area contributed by atoms with Crippen molar-refractivity contribution in [2.24, 2.45) is 0 Å². The zero-order chi connectivity index (χ0) is 16.4. The summed E-state index contributed by atoms with van der Waals surface area (Å²) in [7, 11) is -2.80. The number of rotatable bonds is 2. The quantitative estimate of drug-likeness (QED) is 0.509. The van der Waals surface area contributed by atoms with E-state index in [0.29, 0.717) is 0 Å². The molecule has 0 spiro atoms. The standard InChI is InChI=1S/C16H20O2Se2Si2/c1-21(2,3)11-7-9-13(17)14(18)10-8-12(22(4,5)6)20-16(10)15(9)19-11/h7-8H,1-6H3. The van der Waals surface area contributed by atoms with Crippen molar-refractivity contribution < 1.29 is 9.59 Å². The summed E-state index contributed by atoms with van der Waals surface area (Å²) in [6.45, 7) is 14.0. The molecule has 0 amide bonds. The molecular weight excluding hydrogens is 438 g/mol. The molecule has 3 rings (SSSR count). The van der Waals surface area contributed by atoms with Gasteiger partial charge in [0.1, 0.15) is 0 Å². The van der Waals surface area contributed by atoms with Crippen molar-refractivity contribution in [1.82, 2.24) is 0 Å². The molecular formula is C16H20O2Se2Si2. The van der Waals surface area contributed by atoms with Crippen LogP contribution in [-0.4, -0.2) is 56.7 Å². The van der Waals surface area contributed by atoms with Gasteiger partial charge in [-0.1, -0.05) is 0 Å². The molecule has 0 radical (unpaired) electrons. The Morgan fingerprint density at radius 2 is 1.00 bits per heavy atom. The van der Waals surface area contributed by atoms with Crippen LogP contribution < -0.4 is 8.12 Å². The molecule has 0 aliphatic heterocycles. The van der Waals surface area contributed by atoms with Gasteiger partial charge in [-0.05, 0) is 0 Å². The normalized spacial score (nSPS) is 15.0. The van der Waals surface area contributed by atoms with Crippen LogP contribution >= 0.6 is 0 Å². The molecule has 0 bridgehead atoms. The fourth-order valence-electron chi connectivity index (χ4n) is 2.44. The first kappa shape index (κ1) is 16.6. The van der Waals surface area contributed by atoms with Gasteiger partial charge in [0.2, 0.25) is 0 Å². The van der Waals surface area contributed by atoms with Crippen molar-refractivity contribution in [1.29, 1.82) is 0 Å². The van der Waals surface area contributed by atoms with E-state index in [9.17, 15) is 9.59 Å². The number of carbonyl (C=O) groups excluding carboxylic acids is 2. The van der Waals surface area contributed by atoms with Crippen LogP contribution in [0.5, 0.6) is 0 Å². The Balaban J connectivity index is 2.26. The van der Waals surface area contributed by atoms with Gasteiger partial charge < -0.3 is 0 Å². The number of fused-ring (bicyclic) bond motifs is 3. The first-order chi connectivity index (χ1) is 10.00. The van der Waals surface area contributed by atoms with E-state index < -0.39 is 16.1 Å². The Hall–Kier alpha value is -0.227. The van der Waals surface area contributed by atoms with Crippen LogP contribution in [0.15, 0.2) is 12.1 Å². The Kier molecular flexibility index (Phi) is 3.88. The number of hydrogen-bond donors (Lipinski definition) is 0. The number of Topliss-reactive ketones (excluding diaryl/α,β-unsaturated/α-hetero) is 2. The van der Waals surface area contributed by atoms with Gasteiger partial charge in [-0.15, -0.1) is 0 Å². The summed E-state index contributed by atoms with van der Waals surface area (Å²) in [4.78, 5) is 25.0. The van der Waals surface area contributed by atoms with Gasteiger partial charge in [0, 0.05) is 0 Å². The predicted molar refractivity (Wildman–Crippen MR) is 100 cm³/mol. The zero-order valence-electron chi connectivity index (χ0n) is 13.8. The van der Waals surface area contributed by atoms with E-state index >= 15 is 0 Å². The summed E-state index contributed by atoms with van der Waals surface area (Å²) < 4.78 is 5.43. The summed E-state index contributed by atoms with van der Waals surface area (Å²) in [6.07, 6.45) is 0. The molecule has 2 nitrogen and oxygen atoms in total. The van der Waals surface area contributed by atoms with Crippen molar-refractivity contribution in [2.75, 3.05) is 0 Å². The van der Waals surface area contributed by atoms with Crippen molar-refractivity contribution in [2.45, 2.75) is 39.3 Å². The van der Waals surface area contributed by atoms with E-state index in [1.165, 1.54) is 17.0 Å². The van der Waals surface area contributed by atoms with E-state index in [1.54, 1.807) is 0 Å². The van der Waals surface area contributed by atoms with Gasteiger partial charge in [0.15, 0.2) is 0 Å². The first-order valence-electron chi connectivity index (χ1n) is 7.38. The Morgan fingerprint density at radius 3 is 1.27 bits per heavy atom. The van der Waals surface area contributed by atoms with Crippen molar-refractivity contribution in [3.8, 4) is 8.87 Å². The summed E-state index contributed by atoms with van der Waals surface area (Å²) in [5, 5.41) is 0. The van der Waals surface area contributed by atoms with E-state index in [-0.39, 0.29) is 40.6 Å². The van der Waals surface area contributed by atoms with Crippen molar-refractivity contribution >= 4 is 64.8 Å². The molecule has 0 aromatic carbocycles. The second-order valence-electron chi connectivity index (χ2n) is 7.87. The average Bonchev–Trinajstić information content (AvgIpc) is 2.98. The second-order valence-corrected chi connectivity index (χ2v) is 24.0. The monoisotopic (exact) mass is 460 g/mol. The number of hydrogen-bond acceptors (Lipinski definition) is 2. The third-order valence-corrected chi connectivity index (χ3v) is 20.6. The molecule has 1 aliphatic rings. The van der Waals surface area contributed by atoms with E-state index in [1.807, 2.05) is 0 Å². The Morgan fingerprint density at radius 1 is 0.682 bits per heavy atom. The molecule has 22 heavy (non-hydrogen) atoms. The number of carbonyl (C=O) groups is 2. The molecule has 0 fully saturated rings. The summed E-state index contributed by atoms with van der Waals surface area (Å²) >= 11 is 0.502. The first-order valence-corrected chi connectivity index (χ1v) is 17.8. The SMILES string of the molecule is C[Si](C)(C)c1cc2c([se]1)-c1[se]c([Si](C)(C)C)cc1C(=O)C2=O. The molecule has 2 aromatic heterocycles. The van der Waals surface area contributed by atoms with Crippen LogP contribution in [0.4, 0.5) is 0 Å². The molecule has 0 atom stereocenters. The van der Waals surface area contributed by atoms with Crippen LogP contribution in [0.1, 0.15) is 20.7 Å². The molecule has 116 valence electrons. The van der Waals surface area contributed by atoms with Crippen LogP contribution in [0, 0.1) is 0 Å². The van der Waals surface area contributed by atoms with Gasteiger partial charge in [-0.2, -0.15) is 0 Å². The fourth-order valence-corrected chi connectivity index (χ4v) is 13.6. The fraction of sp³-hybridized carbons (Fsp3) is 0.375. The molecule has 2 aromatic rings. The Labute approximate surface area is 145 Å². The van der Waals surface area contributed by atoms with Gasteiger partial charge in [-0.25, -0.2) is 0 Å². The molecule has 2 heterocycles. The van der Waals surface area contributed by atoms with Crippen LogP contribution in [-0.2, 0) is 0 Å². The van der Waals surface area contributed by atoms with Crippen LogP contribution in [0.2, 0.25) is 39.3 Å². The van der Waals surface area contributed by atoms with Gasteiger partial charge >= 0.3 is 146 Å². The average molecular weight is 458 g/mol. The second kappa shape index (κ2) is 5.13. The van der Waals surface area contributed by atoms with Gasteiger partial charge in [0.25, 0.3) is 0 Å². The van der Waals surface area contributed by atoms with Crippen molar-refractivity contribution in [3.05, 3.63) is 23.3 Å². The predicted octanol–water partition coefficient (Wildman–Crippen LogP) is 1.94. The zero-order valence-corrected chi connectivity index (χ0v) is 19.2. The maximum absolute atomic E-state index is 12.5. The van der Waals surface area contributed by atoms with E-state index in [2.05, 4.69) is 51.4 Å². The molecule has 1 aliphatic carbocycles. The minimum absolute atomic E-state index is 0.251. The molecule has 0 saturated heterocycles. The number of ketones is 2. The van der Waals surface area contributed by atoms with Crippen molar-refractivity contribution in [3.63, 3.8) is 0 Å². The molecule has 0 N–H and O–H groups in total. The van der Waals surface area contributed by atoms with Crippen LogP contribution in [0.25, 0.3) is 8.87 Å². The Bertz CT molecular complexity index is 733.